The van der Waals surface area contributed by atoms with E-state index in [4.69, 9.17) is 0 Å². The lowest BCUT2D eigenvalue weighted by molar-refractivity contribution is -0.140. The van der Waals surface area contributed by atoms with Crippen molar-refractivity contribution < 1.29 is 18.0 Å². The number of aryl methyl sites for hydroxylation is 1. The molecule has 3 aromatic rings. The summed E-state index contributed by atoms with van der Waals surface area (Å²) in [7, 11) is -4.08. The van der Waals surface area contributed by atoms with Gasteiger partial charge in [0.05, 0.1) is 10.6 Å². The van der Waals surface area contributed by atoms with Gasteiger partial charge < -0.3 is 10.2 Å². The predicted molar refractivity (Wildman–Crippen MR) is 150 cm³/mol. The van der Waals surface area contributed by atoms with Crippen LogP contribution in [-0.4, -0.2) is 44.3 Å². The molecule has 2 amide bonds. The second kappa shape index (κ2) is 12.9. The van der Waals surface area contributed by atoms with Crippen molar-refractivity contribution in [2.24, 2.45) is 0 Å². The second-order valence-corrected chi connectivity index (χ2v) is 11.4. The number of carbonyl (C=O) groups is 2. The van der Waals surface area contributed by atoms with Crippen LogP contribution in [0.25, 0.3) is 0 Å². The van der Waals surface area contributed by atoms with E-state index in [-0.39, 0.29) is 17.3 Å². The maximum absolute atomic E-state index is 13.9. The van der Waals surface area contributed by atoms with Crippen LogP contribution in [0.5, 0.6) is 0 Å². The van der Waals surface area contributed by atoms with Gasteiger partial charge in [-0.05, 0) is 62.2 Å². The molecule has 3 rings (SSSR count). The van der Waals surface area contributed by atoms with Crippen LogP contribution in [0.4, 0.5) is 5.69 Å². The zero-order valence-corrected chi connectivity index (χ0v) is 23.6. The van der Waals surface area contributed by atoms with E-state index in [0.29, 0.717) is 18.7 Å². The Hall–Kier alpha value is -3.17. The van der Waals surface area contributed by atoms with Gasteiger partial charge in [-0.3, -0.25) is 13.9 Å². The number of likely N-dealkylation sites (N-methyl/N-ethyl adjacent to an activating group) is 1. The molecule has 0 saturated carbocycles. The maximum atomic E-state index is 13.9. The number of sulfonamides is 1. The van der Waals surface area contributed by atoms with E-state index in [1.165, 1.54) is 17.0 Å². The molecule has 0 aliphatic carbocycles. The summed E-state index contributed by atoms with van der Waals surface area (Å²) in [6.45, 7) is 5.67. The molecule has 1 atom stereocenters. The first-order valence-corrected chi connectivity index (χ1v) is 14.4. The van der Waals surface area contributed by atoms with Crippen LogP contribution in [0.1, 0.15) is 31.4 Å². The smallest absolute Gasteiger partial charge is 0.264 e. The topological polar surface area (TPSA) is 86.8 Å². The Bertz CT molecular complexity index is 1300. The van der Waals surface area contributed by atoms with Crippen LogP contribution in [0.3, 0.4) is 0 Å². The first-order chi connectivity index (χ1) is 17.7. The molecule has 1 N–H and O–H groups in total. The fourth-order valence-electron chi connectivity index (χ4n) is 3.97. The number of carbonyl (C=O) groups excluding carboxylic acids is 2. The van der Waals surface area contributed by atoms with Crippen LogP contribution in [0.2, 0.25) is 0 Å². The summed E-state index contributed by atoms with van der Waals surface area (Å²) >= 11 is 3.38. The Balaban J connectivity index is 2.04. The minimum absolute atomic E-state index is 0.0826. The first kappa shape index (κ1) is 28.4. The number of rotatable bonds is 11. The van der Waals surface area contributed by atoms with Gasteiger partial charge in [-0.2, -0.15) is 0 Å². The highest BCUT2D eigenvalue weighted by atomic mass is 79.9. The van der Waals surface area contributed by atoms with Crippen molar-refractivity contribution in [3.8, 4) is 0 Å². The molecular weight excluding hydrogens is 554 g/mol. The predicted octanol–water partition coefficient (Wildman–Crippen LogP) is 4.90. The Kier molecular flexibility index (Phi) is 9.88. The molecule has 0 unspecified atom stereocenters. The van der Waals surface area contributed by atoms with Crippen molar-refractivity contribution in [2.75, 3.05) is 17.4 Å². The molecule has 0 saturated heterocycles. The number of nitrogens with one attached hydrogen (secondary N) is 1. The van der Waals surface area contributed by atoms with Gasteiger partial charge in [-0.15, -0.1) is 0 Å². The molecule has 0 radical (unpaired) electrons. The minimum Gasteiger partial charge on any atom is -0.355 e. The van der Waals surface area contributed by atoms with Crippen LogP contribution >= 0.6 is 15.9 Å². The minimum atomic E-state index is -4.08. The Morgan fingerprint density at radius 1 is 0.919 bits per heavy atom. The van der Waals surface area contributed by atoms with Gasteiger partial charge in [0.25, 0.3) is 10.0 Å². The van der Waals surface area contributed by atoms with E-state index in [2.05, 4.69) is 21.2 Å². The van der Waals surface area contributed by atoms with E-state index < -0.39 is 28.5 Å². The summed E-state index contributed by atoms with van der Waals surface area (Å²) < 4.78 is 29.5. The van der Waals surface area contributed by atoms with Crippen molar-refractivity contribution in [2.45, 2.75) is 44.7 Å². The van der Waals surface area contributed by atoms with Crippen molar-refractivity contribution in [3.05, 3.63) is 94.5 Å². The van der Waals surface area contributed by atoms with E-state index in [1.54, 1.807) is 36.4 Å². The number of hydrogen-bond acceptors (Lipinski definition) is 4. The van der Waals surface area contributed by atoms with Gasteiger partial charge in [0.1, 0.15) is 12.6 Å². The molecule has 0 bridgehead atoms. The Morgan fingerprint density at radius 3 is 2.11 bits per heavy atom. The first-order valence-electron chi connectivity index (χ1n) is 12.1. The highest BCUT2D eigenvalue weighted by molar-refractivity contribution is 9.10. The third-order valence-electron chi connectivity index (χ3n) is 5.94. The molecule has 0 heterocycles. The zero-order valence-electron chi connectivity index (χ0n) is 21.2. The number of anilines is 1. The van der Waals surface area contributed by atoms with Gasteiger partial charge in [0.2, 0.25) is 11.8 Å². The molecule has 7 nitrogen and oxygen atoms in total. The summed E-state index contributed by atoms with van der Waals surface area (Å²) in [5, 5.41) is 2.80. The Morgan fingerprint density at radius 2 is 1.54 bits per heavy atom. The zero-order chi connectivity index (χ0) is 27.0. The van der Waals surface area contributed by atoms with Crippen molar-refractivity contribution in [1.29, 1.82) is 0 Å². The molecule has 0 fully saturated rings. The van der Waals surface area contributed by atoms with Crippen molar-refractivity contribution >= 4 is 43.5 Å². The van der Waals surface area contributed by atoms with Gasteiger partial charge in [-0.1, -0.05) is 70.9 Å². The molecule has 37 heavy (non-hydrogen) atoms. The largest absolute Gasteiger partial charge is 0.355 e. The van der Waals surface area contributed by atoms with Gasteiger partial charge in [-0.25, -0.2) is 8.42 Å². The average Bonchev–Trinajstić information content (AvgIpc) is 2.88. The molecule has 196 valence electrons. The second-order valence-electron chi connectivity index (χ2n) is 8.63. The summed E-state index contributed by atoms with van der Waals surface area (Å²) in [5.41, 5.74) is 2.12. The molecule has 3 aromatic carbocycles. The van der Waals surface area contributed by atoms with E-state index in [9.17, 15) is 18.0 Å². The molecule has 0 aliphatic heterocycles. The van der Waals surface area contributed by atoms with E-state index >= 15 is 0 Å². The third-order valence-corrected chi connectivity index (χ3v) is 8.25. The molecule has 0 spiro atoms. The quantitative estimate of drug-likeness (QED) is 0.347. The number of benzene rings is 3. The van der Waals surface area contributed by atoms with Gasteiger partial charge >= 0.3 is 0 Å². The SMILES string of the molecule is CCNC(=O)[C@@H](CC)N(Cc1ccccc1)C(=O)CN(c1ccc(Br)cc1)S(=O)(=O)c1ccc(C)cc1. The fourth-order valence-corrected chi connectivity index (χ4v) is 5.64. The van der Waals surface area contributed by atoms with Crippen LogP contribution in [-0.2, 0) is 26.2 Å². The van der Waals surface area contributed by atoms with Gasteiger partial charge in [0, 0.05) is 17.6 Å². The van der Waals surface area contributed by atoms with Gasteiger partial charge in [0.15, 0.2) is 0 Å². The van der Waals surface area contributed by atoms with Crippen molar-refractivity contribution in [3.63, 3.8) is 0 Å². The Labute approximate surface area is 227 Å². The maximum Gasteiger partial charge on any atom is 0.264 e. The normalized spacial score (nSPS) is 12.0. The number of halogens is 1. The van der Waals surface area contributed by atoms with Crippen molar-refractivity contribution in [1.82, 2.24) is 10.2 Å². The number of amides is 2. The number of hydrogen-bond donors (Lipinski definition) is 1. The highest BCUT2D eigenvalue weighted by Gasteiger charge is 2.33. The monoisotopic (exact) mass is 585 g/mol. The fraction of sp³-hybridized carbons (Fsp3) is 0.286. The number of nitrogens with zero attached hydrogens (tertiary/aromatic N) is 2. The van der Waals surface area contributed by atoms with Crippen LogP contribution in [0, 0.1) is 6.92 Å². The summed E-state index contributed by atoms with van der Waals surface area (Å²) in [4.78, 5) is 28.3. The third kappa shape index (κ3) is 7.20. The summed E-state index contributed by atoms with van der Waals surface area (Å²) in [6, 6.07) is 21.8. The van der Waals surface area contributed by atoms with E-state index in [1.807, 2.05) is 51.1 Å². The standard InChI is InChI=1S/C28H32BrN3O4S/c1-4-26(28(34)30-5-2)31(19-22-9-7-6-8-10-22)27(33)20-32(24-15-13-23(29)14-16-24)37(35,36)25-17-11-21(3)12-18-25/h6-18,26H,4-5,19-20H2,1-3H3,(H,30,34)/t26-/m1/s1. The molecule has 0 aliphatic rings. The average molecular weight is 587 g/mol. The van der Waals surface area contributed by atoms with Crippen LogP contribution < -0.4 is 9.62 Å². The van der Waals surface area contributed by atoms with Crippen LogP contribution in [0.15, 0.2) is 88.2 Å². The summed E-state index contributed by atoms with van der Waals surface area (Å²) in [5.74, 6) is -0.744. The molecule has 0 aromatic heterocycles. The lowest BCUT2D eigenvalue weighted by Crippen LogP contribution is -2.52. The lowest BCUT2D eigenvalue weighted by atomic mass is 10.1. The summed E-state index contributed by atoms with van der Waals surface area (Å²) in [6.07, 6.45) is 0.382. The van der Waals surface area contributed by atoms with E-state index in [0.717, 1.165) is 19.9 Å². The lowest BCUT2D eigenvalue weighted by Gasteiger charge is -2.33. The molecular formula is C28H32BrN3O4S. The molecule has 9 heteroatoms. The highest BCUT2D eigenvalue weighted by Crippen LogP contribution is 2.26.